The molecule has 2 amide bonds. The average Bonchev–Trinajstić information content (AvgIpc) is 3.10. The number of anilines is 1. The van der Waals surface area contributed by atoms with Crippen molar-refractivity contribution in [1.82, 2.24) is 14.9 Å². The molecule has 2 N–H and O–H groups in total. The van der Waals surface area contributed by atoms with Gasteiger partial charge in [0.1, 0.15) is 0 Å². The maximum Gasteiger partial charge on any atom is 0.323 e. The van der Waals surface area contributed by atoms with Crippen molar-refractivity contribution in [2.24, 2.45) is 0 Å². The highest BCUT2D eigenvalue weighted by Gasteiger charge is 2.32. The van der Waals surface area contributed by atoms with Crippen molar-refractivity contribution in [3.05, 3.63) is 53.3 Å². The second-order valence-electron chi connectivity index (χ2n) is 7.28. The Morgan fingerprint density at radius 1 is 1.27 bits per heavy atom. The number of rotatable bonds is 4. The fourth-order valence-electron chi connectivity index (χ4n) is 3.53. The number of aliphatic hydroxyl groups excluding tert-OH is 1. The number of aromatic nitrogens is 2. The lowest BCUT2D eigenvalue weighted by molar-refractivity contribution is 0.0770. The largest absolute Gasteiger partial charge is 0.394 e. The summed E-state index contributed by atoms with van der Waals surface area (Å²) < 4.78 is 0. The first-order valence-electron chi connectivity index (χ1n) is 9.64. The van der Waals surface area contributed by atoms with E-state index < -0.39 is 0 Å². The van der Waals surface area contributed by atoms with Gasteiger partial charge in [-0.05, 0) is 50.1 Å². The maximum absolute atomic E-state index is 12.6. The van der Waals surface area contributed by atoms with Crippen LogP contribution in [-0.2, 0) is 0 Å². The molecule has 1 fully saturated rings. The summed E-state index contributed by atoms with van der Waals surface area (Å²) in [6.45, 7) is 4.46. The van der Waals surface area contributed by atoms with Crippen molar-refractivity contribution < 1.29 is 9.90 Å². The Morgan fingerprint density at radius 3 is 2.67 bits per heavy atom. The highest BCUT2D eigenvalue weighted by molar-refractivity contribution is 7.19. The van der Waals surface area contributed by atoms with Crippen LogP contribution in [0.25, 0.3) is 21.7 Å². The molecule has 8 heteroatoms. The number of likely N-dealkylation sites (tertiary alicyclic amines) is 1. The van der Waals surface area contributed by atoms with Crippen molar-refractivity contribution in [3.63, 3.8) is 0 Å². The summed E-state index contributed by atoms with van der Waals surface area (Å²) in [7, 11) is 0. The lowest BCUT2D eigenvalue weighted by Crippen LogP contribution is -2.54. The first-order chi connectivity index (χ1) is 14.5. The van der Waals surface area contributed by atoms with Crippen molar-refractivity contribution in [2.75, 3.05) is 18.5 Å². The van der Waals surface area contributed by atoms with Crippen LogP contribution in [0.3, 0.4) is 0 Å². The third kappa shape index (κ3) is 3.90. The minimum atomic E-state index is -0.264. The van der Waals surface area contributed by atoms with Crippen LogP contribution in [0.1, 0.15) is 23.4 Å². The van der Waals surface area contributed by atoms with Gasteiger partial charge in [0.05, 0.1) is 34.9 Å². The zero-order chi connectivity index (χ0) is 21.3. The Hall–Kier alpha value is -3.28. The molecule has 4 rings (SSSR count). The van der Waals surface area contributed by atoms with Gasteiger partial charge in [0.2, 0.25) is 0 Å². The molecule has 1 aliphatic heterocycles. The normalized spacial score (nSPS) is 15.4. The lowest BCUT2D eigenvalue weighted by Gasteiger charge is -2.39. The minimum absolute atomic E-state index is 0.0433. The first-order valence-corrected chi connectivity index (χ1v) is 10.5. The van der Waals surface area contributed by atoms with Gasteiger partial charge in [-0.15, -0.1) is 0 Å². The van der Waals surface area contributed by atoms with Crippen LogP contribution < -0.4 is 5.32 Å². The molecule has 0 aliphatic carbocycles. The van der Waals surface area contributed by atoms with Gasteiger partial charge in [-0.2, -0.15) is 5.26 Å². The van der Waals surface area contributed by atoms with Crippen molar-refractivity contribution >= 4 is 22.5 Å². The summed E-state index contributed by atoms with van der Waals surface area (Å²) in [5.41, 5.74) is 4.82. The second-order valence-corrected chi connectivity index (χ2v) is 8.28. The lowest BCUT2D eigenvalue weighted by atomic mass is 10.0. The van der Waals surface area contributed by atoms with Gasteiger partial charge in [-0.1, -0.05) is 23.5 Å². The number of amides is 2. The summed E-state index contributed by atoms with van der Waals surface area (Å²) >= 11 is 1.38. The van der Waals surface area contributed by atoms with Crippen molar-refractivity contribution in [2.45, 2.75) is 26.3 Å². The van der Waals surface area contributed by atoms with Crippen LogP contribution in [-0.4, -0.2) is 45.2 Å². The fourth-order valence-corrected chi connectivity index (χ4v) is 4.49. The molecule has 0 unspecified atom stereocenters. The SMILES string of the molecule is Cc1cc(-c2sc(NC(=O)N3CC[C@H]3CO)nc2-c2cccc(C#N)c2)cc(C)n1. The number of aryl methyl sites for hydroxylation is 2. The average molecular weight is 420 g/mol. The molecule has 1 aromatic carbocycles. The number of carbonyl (C=O) groups excluding carboxylic acids is 1. The number of nitrogens with zero attached hydrogens (tertiary/aromatic N) is 4. The molecule has 30 heavy (non-hydrogen) atoms. The summed E-state index contributed by atoms with van der Waals surface area (Å²) in [5, 5.41) is 22.0. The molecule has 0 bridgehead atoms. The number of urea groups is 1. The van der Waals surface area contributed by atoms with E-state index in [2.05, 4.69) is 16.4 Å². The molecule has 7 nitrogen and oxygen atoms in total. The Morgan fingerprint density at radius 2 is 2.03 bits per heavy atom. The molecule has 0 saturated carbocycles. The molecule has 1 atom stereocenters. The highest BCUT2D eigenvalue weighted by atomic mass is 32.1. The van der Waals surface area contributed by atoms with Crippen LogP contribution in [0.2, 0.25) is 0 Å². The van der Waals surface area contributed by atoms with Gasteiger partial charge in [-0.25, -0.2) is 9.78 Å². The molecule has 0 radical (unpaired) electrons. The number of hydrogen-bond acceptors (Lipinski definition) is 6. The molecular formula is C22H21N5O2S. The minimum Gasteiger partial charge on any atom is -0.394 e. The summed E-state index contributed by atoms with van der Waals surface area (Å²) in [4.78, 5) is 24.2. The molecule has 1 aliphatic rings. The number of carbonyl (C=O) groups is 1. The van der Waals surface area contributed by atoms with Gasteiger partial charge in [0.15, 0.2) is 5.13 Å². The Labute approximate surface area is 178 Å². The van der Waals surface area contributed by atoms with Crippen LogP contribution in [0.4, 0.5) is 9.93 Å². The molecule has 152 valence electrons. The molecular weight excluding hydrogens is 398 g/mol. The van der Waals surface area contributed by atoms with E-state index in [4.69, 9.17) is 4.98 Å². The number of thiazole rings is 1. The Bertz CT molecular complexity index is 1130. The highest BCUT2D eigenvalue weighted by Crippen LogP contribution is 2.40. The maximum atomic E-state index is 12.6. The van der Waals surface area contributed by atoms with E-state index in [0.717, 1.165) is 33.8 Å². The summed E-state index contributed by atoms with van der Waals surface area (Å²) in [6.07, 6.45) is 0.800. The number of benzene rings is 1. The zero-order valence-electron chi connectivity index (χ0n) is 16.7. The zero-order valence-corrected chi connectivity index (χ0v) is 17.5. The van der Waals surface area contributed by atoms with Crippen LogP contribution in [0.5, 0.6) is 0 Å². The standard InChI is InChI=1S/C22H21N5O2S/c1-13-8-17(9-14(2)24-13)20-19(16-5-3-4-15(10-16)11-23)25-21(30-20)26-22(29)27-7-6-18(27)12-28/h3-5,8-10,18,28H,6-7,12H2,1-2H3,(H,25,26,29)/t18-/m0/s1. The summed E-state index contributed by atoms with van der Waals surface area (Å²) in [6, 6.07) is 13.0. The van der Waals surface area contributed by atoms with Gasteiger partial charge >= 0.3 is 6.03 Å². The number of nitriles is 1. The third-order valence-corrected chi connectivity index (χ3v) is 6.09. The molecule has 3 heterocycles. The van der Waals surface area contributed by atoms with Crippen LogP contribution in [0, 0.1) is 25.2 Å². The number of nitrogens with one attached hydrogen (secondary N) is 1. The van der Waals surface area contributed by atoms with E-state index in [1.807, 2.05) is 38.1 Å². The van der Waals surface area contributed by atoms with Gasteiger partial charge in [0.25, 0.3) is 0 Å². The monoisotopic (exact) mass is 419 g/mol. The number of aliphatic hydroxyl groups is 1. The summed E-state index contributed by atoms with van der Waals surface area (Å²) in [5.74, 6) is 0. The quantitative estimate of drug-likeness (QED) is 0.666. The van der Waals surface area contributed by atoms with Crippen LogP contribution in [0.15, 0.2) is 36.4 Å². The van der Waals surface area contributed by atoms with Crippen molar-refractivity contribution in [1.29, 1.82) is 5.26 Å². The van der Waals surface area contributed by atoms with Crippen LogP contribution >= 0.6 is 11.3 Å². The third-order valence-electron chi connectivity index (χ3n) is 5.07. The van der Waals surface area contributed by atoms with E-state index in [1.165, 1.54) is 11.3 Å². The Kier molecular flexibility index (Phi) is 5.48. The molecule has 2 aromatic heterocycles. The topological polar surface area (TPSA) is 102 Å². The van der Waals surface area contributed by atoms with E-state index in [1.54, 1.807) is 17.0 Å². The van der Waals surface area contributed by atoms with E-state index in [-0.39, 0.29) is 18.7 Å². The van der Waals surface area contributed by atoms with E-state index in [9.17, 15) is 15.2 Å². The van der Waals surface area contributed by atoms with E-state index >= 15 is 0 Å². The van der Waals surface area contributed by atoms with Gasteiger partial charge in [0, 0.05) is 23.5 Å². The van der Waals surface area contributed by atoms with Gasteiger partial charge < -0.3 is 10.0 Å². The molecule has 1 saturated heterocycles. The number of hydrogen-bond donors (Lipinski definition) is 2. The van der Waals surface area contributed by atoms with E-state index in [0.29, 0.717) is 22.9 Å². The number of pyridine rings is 1. The first kappa shape index (κ1) is 20.0. The molecule has 3 aromatic rings. The molecule has 0 spiro atoms. The smallest absolute Gasteiger partial charge is 0.323 e. The fraction of sp³-hybridized carbons (Fsp3) is 0.273. The predicted molar refractivity (Wildman–Crippen MR) is 116 cm³/mol. The Balaban J connectivity index is 1.75. The predicted octanol–water partition coefficient (Wildman–Crippen LogP) is 3.96. The van der Waals surface area contributed by atoms with Crippen molar-refractivity contribution in [3.8, 4) is 27.8 Å². The second kappa shape index (κ2) is 8.22. The van der Waals surface area contributed by atoms with Gasteiger partial charge in [-0.3, -0.25) is 10.3 Å².